The number of carbonyl (C=O) groups is 2. The van der Waals surface area contributed by atoms with Crippen LogP contribution >= 0.6 is 0 Å². The van der Waals surface area contributed by atoms with Crippen LogP contribution in [0.4, 0.5) is 0 Å². The molecule has 0 aromatic heterocycles. The van der Waals surface area contributed by atoms with E-state index in [2.05, 4.69) is 17.6 Å². The van der Waals surface area contributed by atoms with Crippen LogP contribution in [0.25, 0.3) is 0 Å². The van der Waals surface area contributed by atoms with Crippen molar-refractivity contribution in [1.82, 2.24) is 15.5 Å². The Kier molecular flexibility index (Phi) is 5.95. The molecule has 0 atom stereocenters. The highest BCUT2D eigenvalue weighted by Crippen LogP contribution is 2.19. The van der Waals surface area contributed by atoms with Crippen molar-refractivity contribution in [2.75, 3.05) is 33.2 Å². The van der Waals surface area contributed by atoms with Gasteiger partial charge in [0.05, 0.1) is 0 Å². The Balaban J connectivity index is 1.96. The largest absolute Gasteiger partial charge is 0.355 e. The minimum absolute atomic E-state index is 0.0210. The lowest BCUT2D eigenvalue weighted by Gasteiger charge is -2.32. The van der Waals surface area contributed by atoms with Crippen LogP contribution in [0.3, 0.4) is 0 Å². The van der Waals surface area contributed by atoms with Gasteiger partial charge in [-0.15, -0.1) is 0 Å². The van der Waals surface area contributed by atoms with Gasteiger partial charge in [-0.25, -0.2) is 0 Å². The molecular formula is C17H25N3O2. The fraction of sp³-hybridized carbons (Fsp3) is 0.529. The van der Waals surface area contributed by atoms with Gasteiger partial charge in [0.1, 0.15) is 0 Å². The molecule has 0 spiro atoms. The van der Waals surface area contributed by atoms with Crippen LogP contribution in [-0.2, 0) is 0 Å². The van der Waals surface area contributed by atoms with Gasteiger partial charge in [0.2, 0.25) is 0 Å². The lowest BCUT2D eigenvalue weighted by Crippen LogP contribution is -2.40. The van der Waals surface area contributed by atoms with E-state index in [1.54, 1.807) is 31.3 Å². The summed E-state index contributed by atoms with van der Waals surface area (Å²) in [5, 5.41) is 5.95. The molecule has 2 amide bonds. The topological polar surface area (TPSA) is 61.4 Å². The summed E-state index contributed by atoms with van der Waals surface area (Å²) in [5.74, 6) is 0.507. The molecule has 120 valence electrons. The molecule has 1 aromatic rings. The van der Waals surface area contributed by atoms with E-state index in [1.165, 1.54) is 0 Å². The van der Waals surface area contributed by atoms with Crippen molar-refractivity contribution in [3.8, 4) is 0 Å². The first-order valence-electron chi connectivity index (χ1n) is 7.97. The molecule has 5 heteroatoms. The lowest BCUT2D eigenvalue weighted by atomic mass is 9.96. The molecule has 0 aliphatic carbocycles. The van der Waals surface area contributed by atoms with E-state index in [0.717, 1.165) is 39.0 Å². The van der Waals surface area contributed by atoms with Crippen LogP contribution in [0.2, 0.25) is 0 Å². The highest BCUT2D eigenvalue weighted by molar-refractivity contribution is 5.99. The smallest absolute Gasteiger partial charge is 0.253 e. The summed E-state index contributed by atoms with van der Waals surface area (Å²) < 4.78 is 0. The van der Waals surface area contributed by atoms with Gasteiger partial charge in [-0.1, -0.05) is 13.0 Å². The van der Waals surface area contributed by atoms with E-state index in [4.69, 9.17) is 0 Å². The van der Waals surface area contributed by atoms with Crippen LogP contribution in [0, 0.1) is 5.92 Å². The van der Waals surface area contributed by atoms with E-state index in [9.17, 15) is 9.59 Å². The third-order valence-corrected chi connectivity index (χ3v) is 4.18. The van der Waals surface area contributed by atoms with Gasteiger partial charge < -0.3 is 15.5 Å². The van der Waals surface area contributed by atoms with E-state index >= 15 is 0 Å². The molecule has 2 N–H and O–H groups in total. The predicted molar refractivity (Wildman–Crippen MR) is 87.0 cm³/mol. The molecule has 22 heavy (non-hydrogen) atoms. The van der Waals surface area contributed by atoms with E-state index in [-0.39, 0.29) is 11.8 Å². The highest BCUT2D eigenvalue weighted by Gasteiger charge is 2.23. The number of rotatable bonds is 5. The Bertz CT molecular complexity index is 522. The van der Waals surface area contributed by atoms with Gasteiger partial charge in [0.15, 0.2) is 0 Å². The van der Waals surface area contributed by atoms with Gasteiger partial charge in [0.25, 0.3) is 11.8 Å². The fourth-order valence-corrected chi connectivity index (χ4v) is 2.81. The maximum atomic E-state index is 12.6. The molecule has 1 aliphatic rings. The van der Waals surface area contributed by atoms with Crippen molar-refractivity contribution in [3.63, 3.8) is 0 Å². The van der Waals surface area contributed by atoms with Crippen molar-refractivity contribution in [1.29, 1.82) is 0 Å². The van der Waals surface area contributed by atoms with Crippen LogP contribution < -0.4 is 10.6 Å². The number of nitrogens with one attached hydrogen (secondary N) is 2. The number of benzene rings is 1. The zero-order valence-electron chi connectivity index (χ0n) is 13.4. The number of carbonyl (C=O) groups excluding carboxylic acids is 2. The first-order valence-corrected chi connectivity index (χ1v) is 7.97. The SMILES string of the molecule is CCNCC1CCN(C(=O)c2cccc(C(=O)NC)c2)CC1. The van der Waals surface area contributed by atoms with Gasteiger partial charge in [-0.05, 0) is 50.0 Å². The van der Waals surface area contributed by atoms with Gasteiger partial charge in [-0.2, -0.15) is 0 Å². The normalized spacial score (nSPS) is 15.6. The zero-order chi connectivity index (χ0) is 15.9. The molecule has 0 radical (unpaired) electrons. The molecule has 0 unspecified atom stereocenters. The number of piperidine rings is 1. The molecule has 2 rings (SSSR count). The minimum Gasteiger partial charge on any atom is -0.355 e. The van der Waals surface area contributed by atoms with Crippen molar-refractivity contribution >= 4 is 11.8 Å². The molecule has 1 saturated heterocycles. The molecule has 0 saturated carbocycles. The molecular weight excluding hydrogens is 278 g/mol. The number of nitrogens with zero attached hydrogens (tertiary/aromatic N) is 1. The molecule has 5 nitrogen and oxygen atoms in total. The molecule has 1 heterocycles. The Morgan fingerprint density at radius 3 is 2.55 bits per heavy atom. The van der Waals surface area contributed by atoms with Crippen molar-refractivity contribution in [3.05, 3.63) is 35.4 Å². The maximum absolute atomic E-state index is 12.6. The predicted octanol–water partition coefficient (Wildman–Crippen LogP) is 1.51. The first-order chi connectivity index (χ1) is 10.7. The Hall–Kier alpha value is -1.88. The first kappa shape index (κ1) is 16.5. The van der Waals surface area contributed by atoms with Crippen LogP contribution in [0.5, 0.6) is 0 Å². The van der Waals surface area contributed by atoms with Gasteiger partial charge in [0, 0.05) is 31.3 Å². The van der Waals surface area contributed by atoms with Crippen molar-refractivity contribution in [2.24, 2.45) is 5.92 Å². The summed E-state index contributed by atoms with van der Waals surface area (Å²) in [4.78, 5) is 26.1. The van der Waals surface area contributed by atoms with Crippen molar-refractivity contribution < 1.29 is 9.59 Å². The third-order valence-electron chi connectivity index (χ3n) is 4.18. The third kappa shape index (κ3) is 4.07. The average molecular weight is 303 g/mol. The van der Waals surface area contributed by atoms with Crippen molar-refractivity contribution in [2.45, 2.75) is 19.8 Å². The summed E-state index contributed by atoms with van der Waals surface area (Å²) in [6, 6.07) is 6.93. The Morgan fingerprint density at radius 2 is 1.91 bits per heavy atom. The summed E-state index contributed by atoms with van der Waals surface area (Å²) >= 11 is 0. The quantitative estimate of drug-likeness (QED) is 0.867. The van der Waals surface area contributed by atoms with Crippen LogP contribution in [0.15, 0.2) is 24.3 Å². The summed E-state index contributed by atoms with van der Waals surface area (Å²) in [7, 11) is 1.59. The fourth-order valence-electron chi connectivity index (χ4n) is 2.81. The maximum Gasteiger partial charge on any atom is 0.253 e. The number of likely N-dealkylation sites (tertiary alicyclic amines) is 1. The standard InChI is InChI=1S/C17H25N3O2/c1-3-19-12-13-7-9-20(10-8-13)17(22)15-6-4-5-14(11-15)16(21)18-2/h4-6,11,13,19H,3,7-10,12H2,1-2H3,(H,18,21). The molecule has 1 aliphatic heterocycles. The van der Waals surface area contributed by atoms with Gasteiger partial charge in [-0.3, -0.25) is 9.59 Å². The number of hydrogen-bond acceptors (Lipinski definition) is 3. The second-order valence-electron chi connectivity index (χ2n) is 5.70. The molecule has 1 fully saturated rings. The average Bonchev–Trinajstić information content (AvgIpc) is 2.59. The van der Waals surface area contributed by atoms with Gasteiger partial charge >= 0.3 is 0 Å². The van der Waals surface area contributed by atoms with Crippen LogP contribution in [0.1, 0.15) is 40.5 Å². The number of hydrogen-bond donors (Lipinski definition) is 2. The second kappa shape index (κ2) is 7.94. The van der Waals surface area contributed by atoms with E-state index in [1.807, 2.05) is 4.90 Å². The highest BCUT2D eigenvalue weighted by atomic mass is 16.2. The van der Waals surface area contributed by atoms with Crippen LogP contribution in [-0.4, -0.2) is 49.9 Å². The van der Waals surface area contributed by atoms with E-state index < -0.39 is 0 Å². The second-order valence-corrected chi connectivity index (χ2v) is 5.70. The molecule has 1 aromatic carbocycles. The summed E-state index contributed by atoms with van der Waals surface area (Å²) in [6.45, 7) is 5.71. The van der Waals surface area contributed by atoms with E-state index in [0.29, 0.717) is 17.0 Å². The monoisotopic (exact) mass is 303 g/mol. The minimum atomic E-state index is -0.168. The Morgan fingerprint density at radius 1 is 1.23 bits per heavy atom. The Labute approximate surface area is 132 Å². The summed E-state index contributed by atoms with van der Waals surface area (Å²) in [6.07, 6.45) is 2.07. The zero-order valence-corrected chi connectivity index (χ0v) is 13.4. The number of amides is 2. The lowest BCUT2D eigenvalue weighted by molar-refractivity contribution is 0.0690. The summed E-state index contributed by atoms with van der Waals surface area (Å²) in [5.41, 5.74) is 1.11. The molecule has 0 bridgehead atoms.